The van der Waals surface area contributed by atoms with Crippen molar-refractivity contribution in [2.45, 2.75) is 26.5 Å². The maximum absolute atomic E-state index is 12.3. The van der Waals surface area contributed by atoms with Crippen molar-refractivity contribution in [3.8, 4) is 5.75 Å². The van der Waals surface area contributed by atoms with Gasteiger partial charge in [0, 0.05) is 25.7 Å². The van der Waals surface area contributed by atoms with Gasteiger partial charge >= 0.3 is 6.61 Å². The van der Waals surface area contributed by atoms with E-state index in [-0.39, 0.29) is 5.75 Å². The summed E-state index contributed by atoms with van der Waals surface area (Å²) in [5.41, 5.74) is 0.655. The minimum absolute atomic E-state index is 0.177. The van der Waals surface area contributed by atoms with Crippen LogP contribution in [0, 0.1) is 0 Å². The summed E-state index contributed by atoms with van der Waals surface area (Å²) in [5.74, 6) is 0.810. The number of halogens is 2. The number of hydrogen-bond donors (Lipinski definition) is 2. The fourth-order valence-electron chi connectivity index (χ4n) is 1.50. The smallest absolute Gasteiger partial charge is 0.387 e. The molecule has 0 saturated carbocycles. The average molecular weight is 271 g/mol. The lowest BCUT2D eigenvalue weighted by atomic mass is 10.2. The van der Waals surface area contributed by atoms with Crippen molar-refractivity contribution < 1.29 is 13.5 Å². The SMILES string of the molecule is CCCNC(=NC)NCc1ccccc1OC(F)F. The van der Waals surface area contributed by atoms with Crippen LogP contribution in [0.1, 0.15) is 18.9 Å². The van der Waals surface area contributed by atoms with Gasteiger partial charge in [-0.3, -0.25) is 4.99 Å². The van der Waals surface area contributed by atoms with Gasteiger partial charge in [0.05, 0.1) is 0 Å². The Morgan fingerprint density at radius 1 is 1.32 bits per heavy atom. The highest BCUT2D eigenvalue weighted by atomic mass is 19.3. The molecule has 0 fully saturated rings. The summed E-state index contributed by atoms with van der Waals surface area (Å²) in [4.78, 5) is 4.04. The molecule has 1 aromatic rings. The van der Waals surface area contributed by atoms with Crippen molar-refractivity contribution >= 4 is 5.96 Å². The molecular formula is C13H19F2N3O. The van der Waals surface area contributed by atoms with Crippen LogP contribution in [0.2, 0.25) is 0 Å². The molecular weight excluding hydrogens is 252 g/mol. The number of guanidine groups is 1. The Labute approximate surface area is 111 Å². The Morgan fingerprint density at radius 2 is 2.05 bits per heavy atom. The maximum atomic E-state index is 12.3. The van der Waals surface area contributed by atoms with Gasteiger partial charge in [-0.1, -0.05) is 25.1 Å². The molecule has 0 radical (unpaired) electrons. The zero-order valence-electron chi connectivity index (χ0n) is 11.1. The van der Waals surface area contributed by atoms with E-state index in [1.165, 1.54) is 6.07 Å². The highest BCUT2D eigenvalue weighted by Crippen LogP contribution is 2.19. The Kier molecular flexibility index (Phi) is 6.63. The minimum Gasteiger partial charge on any atom is -0.434 e. The van der Waals surface area contributed by atoms with Crippen molar-refractivity contribution in [1.29, 1.82) is 0 Å². The first-order chi connectivity index (χ1) is 9.17. The number of nitrogens with one attached hydrogen (secondary N) is 2. The van der Waals surface area contributed by atoms with Crippen LogP contribution in [0.4, 0.5) is 8.78 Å². The van der Waals surface area contributed by atoms with E-state index >= 15 is 0 Å². The molecule has 0 heterocycles. The third-order valence-corrected chi connectivity index (χ3v) is 2.40. The molecule has 19 heavy (non-hydrogen) atoms. The predicted octanol–water partition coefficient (Wildman–Crippen LogP) is 2.36. The summed E-state index contributed by atoms with van der Waals surface area (Å²) in [6.45, 7) is 0.395. The molecule has 1 rings (SSSR count). The molecule has 1 aromatic carbocycles. The van der Waals surface area contributed by atoms with E-state index in [1.807, 2.05) is 6.92 Å². The van der Waals surface area contributed by atoms with E-state index in [4.69, 9.17) is 0 Å². The lowest BCUT2D eigenvalue weighted by Gasteiger charge is -2.14. The first kappa shape index (κ1) is 15.2. The third-order valence-electron chi connectivity index (χ3n) is 2.40. The van der Waals surface area contributed by atoms with Crippen LogP contribution in [0.5, 0.6) is 5.75 Å². The van der Waals surface area contributed by atoms with Crippen LogP contribution in [0.25, 0.3) is 0 Å². The van der Waals surface area contributed by atoms with Gasteiger partial charge in [0.2, 0.25) is 0 Å². The first-order valence-corrected chi connectivity index (χ1v) is 6.14. The van der Waals surface area contributed by atoms with Crippen molar-refractivity contribution in [3.63, 3.8) is 0 Å². The average Bonchev–Trinajstić information content (AvgIpc) is 2.40. The van der Waals surface area contributed by atoms with Gasteiger partial charge in [0.15, 0.2) is 5.96 Å². The topological polar surface area (TPSA) is 45.7 Å². The zero-order valence-corrected chi connectivity index (χ0v) is 11.1. The Bertz CT molecular complexity index is 411. The zero-order chi connectivity index (χ0) is 14.1. The number of aliphatic imine (C=N–C) groups is 1. The summed E-state index contributed by atoms with van der Waals surface area (Å²) in [7, 11) is 1.66. The Hall–Kier alpha value is -1.85. The summed E-state index contributed by atoms with van der Waals surface area (Å²) >= 11 is 0. The van der Waals surface area contributed by atoms with Crippen molar-refractivity contribution in [2.24, 2.45) is 4.99 Å². The summed E-state index contributed by atoms with van der Waals surface area (Å²) < 4.78 is 29.0. The second-order valence-electron chi connectivity index (χ2n) is 3.84. The Balaban J connectivity index is 2.61. The highest BCUT2D eigenvalue weighted by Gasteiger charge is 2.09. The standard InChI is InChI=1S/C13H19F2N3O/c1-3-8-17-13(16-2)18-9-10-6-4-5-7-11(10)19-12(14)15/h4-7,12H,3,8-9H2,1-2H3,(H2,16,17,18). The number of ether oxygens (including phenoxy) is 1. The number of nitrogens with zero attached hydrogens (tertiary/aromatic N) is 1. The highest BCUT2D eigenvalue weighted by molar-refractivity contribution is 5.79. The van der Waals surface area contributed by atoms with Gasteiger partial charge < -0.3 is 15.4 Å². The number of rotatable bonds is 6. The van der Waals surface area contributed by atoms with E-state index < -0.39 is 6.61 Å². The molecule has 0 aliphatic heterocycles. The summed E-state index contributed by atoms with van der Waals surface area (Å²) in [5, 5.41) is 6.15. The Morgan fingerprint density at radius 3 is 2.68 bits per heavy atom. The third kappa shape index (κ3) is 5.54. The van der Waals surface area contributed by atoms with Gasteiger partial charge in [-0.05, 0) is 12.5 Å². The van der Waals surface area contributed by atoms with Gasteiger partial charge in [-0.2, -0.15) is 8.78 Å². The van der Waals surface area contributed by atoms with E-state index in [0.29, 0.717) is 18.1 Å². The second-order valence-corrected chi connectivity index (χ2v) is 3.84. The van der Waals surface area contributed by atoms with E-state index in [0.717, 1.165) is 13.0 Å². The van der Waals surface area contributed by atoms with Crippen LogP contribution < -0.4 is 15.4 Å². The van der Waals surface area contributed by atoms with E-state index in [2.05, 4.69) is 20.4 Å². The molecule has 106 valence electrons. The quantitative estimate of drug-likeness (QED) is 0.617. The fraction of sp³-hybridized carbons (Fsp3) is 0.462. The van der Waals surface area contributed by atoms with Crippen LogP contribution in [-0.4, -0.2) is 26.2 Å². The predicted molar refractivity (Wildman–Crippen MR) is 71.6 cm³/mol. The summed E-state index contributed by atoms with van der Waals surface area (Å²) in [6.07, 6.45) is 0.978. The van der Waals surface area contributed by atoms with E-state index in [1.54, 1.807) is 25.2 Å². The molecule has 6 heteroatoms. The van der Waals surface area contributed by atoms with E-state index in [9.17, 15) is 8.78 Å². The molecule has 0 bridgehead atoms. The van der Waals surface area contributed by atoms with Crippen LogP contribution >= 0.6 is 0 Å². The molecule has 0 spiro atoms. The molecule has 0 saturated heterocycles. The van der Waals surface area contributed by atoms with Crippen molar-refractivity contribution in [2.75, 3.05) is 13.6 Å². The van der Waals surface area contributed by atoms with Gasteiger partial charge in [0.1, 0.15) is 5.75 Å². The van der Waals surface area contributed by atoms with Gasteiger partial charge in [0.25, 0.3) is 0 Å². The molecule has 2 N–H and O–H groups in total. The molecule has 0 unspecified atom stereocenters. The number of hydrogen-bond acceptors (Lipinski definition) is 2. The molecule has 0 aliphatic carbocycles. The van der Waals surface area contributed by atoms with Crippen LogP contribution in [0.3, 0.4) is 0 Å². The first-order valence-electron chi connectivity index (χ1n) is 6.14. The molecule has 0 aromatic heterocycles. The lowest BCUT2D eigenvalue weighted by Crippen LogP contribution is -2.37. The number of alkyl halides is 2. The van der Waals surface area contributed by atoms with Crippen LogP contribution in [0.15, 0.2) is 29.3 Å². The second kappa shape index (κ2) is 8.29. The fourth-order valence-corrected chi connectivity index (χ4v) is 1.50. The molecule has 0 aliphatic rings. The minimum atomic E-state index is -2.82. The lowest BCUT2D eigenvalue weighted by molar-refractivity contribution is -0.0504. The maximum Gasteiger partial charge on any atom is 0.387 e. The van der Waals surface area contributed by atoms with Gasteiger partial charge in [-0.25, -0.2) is 0 Å². The number of para-hydroxylation sites is 1. The van der Waals surface area contributed by atoms with Crippen molar-refractivity contribution in [3.05, 3.63) is 29.8 Å². The molecule has 0 atom stereocenters. The number of benzene rings is 1. The van der Waals surface area contributed by atoms with Crippen molar-refractivity contribution in [1.82, 2.24) is 10.6 Å². The molecule has 0 amide bonds. The monoisotopic (exact) mass is 271 g/mol. The van der Waals surface area contributed by atoms with Gasteiger partial charge in [-0.15, -0.1) is 0 Å². The molecule has 4 nitrogen and oxygen atoms in total. The largest absolute Gasteiger partial charge is 0.434 e. The normalized spacial score (nSPS) is 11.5. The van der Waals surface area contributed by atoms with Crippen LogP contribution in [-0.2, 0) is 6.54 Å². The summed E-state index contributed by atoms with van der Waals surface area (Å²) in [6, 6.07) is 6.69.